The fraction of sp³-hybridized carbons (Fsp3) is 0.533. The van der Waals surface area contributed by atoms with Crippen LogP contribution >= 0.6 is 11.8 Å². The number of nitrogens with zero attached hydrogens (tertiary/aromatic N) is 1. The van der Waals surface area contributed by atoms with Gasteiger partial charge in [-0.05, 0) is 26.0 Å². The van der Waals surface area contributed by atoms with Crippen molar-refractivity contribution >= 4 is 29.5 Å². The summed E-state index contributed by atoms with van der Waals surface area (Å²) >= 11 is 1.45. The first-order valence-corrected chi connectivity index (χ1v) is 8.22. The van der Waals surface area contributed by atoms with Gasteiger partial charge in [0.2, 0.25) is 11.8 Å². The Bertz CT molecular complexity index is 624. The van der Waals surface area contributed by atoms with Crippen LogP contribution in [0.4, 0.5) is 0 Å². The van der Waals surface area contributed by atoms with Crippen molar-refractivity contribution in [3.8, 4) is 0 Å². The van der Waals surface area contributed by atoms with E-state index in [1.165, 1.54) is 16.7 Å². The number of hydrogen-bond acceptors (Lipinski definition) is 5. The molecule has 0 bridgehead atoms. The Hall–Kier alpha value is -1.96. The Balaban J connectivity index is 1.88. The number of carbonyl (C=O) groups is 3. The molecule has 1 saturated heterocycles. The van der Waals surface area contributed by atoms with Gasteiger partial charge >= 0.3 is 0 Å². The summed E-state index contributed by atoms with van der Waals surface area (Å²) in [5.41, 5.74) is 0. The molecule has 3 amide bonds. The maximum Gasteiger partial charge on any atom is 0.289 e. The van der Waals surface area contributed by atoms with E-state index in [0.29, 0.717) is 11.5 Å². The predicted octanol–water partition coefficient (Wildman–Crippen LogP) is 0.608. The predicted molar refractivity (Wildman–Crippen MR) is 87.0 cm³/mol. The molecule has 1 aromatic rings. The van der Waals surface area contributed by atoms with Gasteiger partial charge in [0, 0.05) is 19.8 Å². The van der Waals surface area contributed by atoms with Crippen molar-refractivity contribution in [2.75, 3.05) is 19.8 Å². The Morgan fingerprint density at radius 2 is 2.13 bits per heavy atom. The molecule has 126 valence electrons. The molecule has 1 aliphatic heterocycles. The van der Waals surface area contributed by atoms with Crippen molar-refractivity contribution in [2.45, 2.75) is 31.2 Å². The smallest absolute Gasteiger partial charge is 0.289 e. The van der Waals surface area contributed by atoms with E-state index in [9.17, 15) is 14.4 Å². The summed E-state index contributed by atoms with van der Waals surface area (Å²) in [7, 11) is 3.27. The fourth-order valence-electron chi connectivity index (χ4n) is 1.98. The van der Waals surface area contributed by atoms with E-state index in [4.69, 9.17) is 4.42 Å². The highest BCUT2D eigenvalue weighted by molar-refractivity contribution is 8.01. The minimum absolute atomic E-state index is 0.147. The van der Waals surface area contributed by atoms with Crippen molar-refractivity contribution in [1.82, 2.24) is 15.5 Å². The zero-order chi connectivity index (χ0) is 17.2. The summed E-state index contributed by atoms with van der Waals surface area (Å²) in [6.45, 7) is 3.82. The molecule has 1 aromatic heterocycles. The molecule has 0 aromatic carbocycles. The molecular weight excluding hydrogens is 318 g/mol. The molecule has 1 fully saturated rings. The molecule has 7 nitrogen and oxygen atoms in total. The largest absolute Gasteiger partial charge is 0.454 e. The number of hydrogen-bond donors (Lipinski definition) is 2. The third-order valence-electron chi connectivity index (χ3n) is 3.49. The Morgan fingerprint density at radius 1 is 1.43 bits per heavy atom. The van der Waals surface area contributed by atoms with Crippen LogP contribution in [0.2, 0.25) is 0 Å². The molecule has 1 atom stereocenters. The normalized spacial score (nSPS) is 19.8. The number of rotatable bonds is 4. The van der Waals surface area contributed by atoms with E-state index in [1.54, 1.807) is 26.2 Å². The van der Waals surface area contributed by atoms with Crippen LogP contribution in [0.5, 0.6) is 0 Å². The number of nitrogens with one attached hydrogen (secondary N) is 2. The van der Waals surface area contributed by atoms with E-state index in [-0.39, 0.29) is 30.0 Å². The molecule has 0 aliphatic carbocycles. The molecule has 8 heteroatoms. The number of thioether (sulfide) groups is 1. The van der Waals surface area contributed by atoms with Gasteiger partial charge in [0.05, 0.1) is 11.3 Å². The van der Waals surface area contributed by atoms with Crippen molar-refractivity contribution in [1.29, 1.82) is 0 Å². The molecule has 23 heavy (non-hydrogen) atoms. The average Bonchev–Trinajstić information content (AvgIpc) is 2.95. The molecule has 2 heterocycles. The van der Waals surface area contributed by atoms with Crippen LogP contribution in [0.15, 0.2) is 16.5 Å². The minimum atomic E-state index is -0.557. The monoisotopic (exact) mass is 339 g/mol. The topological polar surface area (TPSA) is 91.7 Å². The van der Waals surface area contributed by atoms with Crippen LogP contribution in [-0.2, 0) is 16.1 Å². The quantitative estimate of drug-likeness (QED) is 0.838. The summed E-state index contributed by atoms with van der Waals surface area (Å²) in [6, 6.07) is 2.66. The Kier molecular flexibility index (Phi) is 5.03. The van der Waals surface area contributed by atoms with Crippen LogP contribution in [0.3, 0.4) is 0 Å². The van der Waals surface area contributed by atoms with Gasteiger partial charge in [0.15, 0.2) is 5.76 Å². The molecular formula is C15H21N3O4S. The zero-order valence-electron chi connectivity index (χ0n) is 13.6. The van der Waals surface area contributed by atoms with Crippen LogP contribution < -0.4 is 10.6 Å². The molecule has 0 unspecified atom stereocenters. The number of carbonyl (C=O) groups excluding carboxylic acids is 3. The number of furan rings is 1. The molecule has 1 aliphatic rings. The van der Waals surface area contributed by atoms with Crippen LogP contribution in [0.1, 0.15) is 30.2 Å². The van der Waals surface area contributed by atoms with Crippen molar-refractivity contribution < 1.29 is 18.8 Å². The lowest BCUT2D eigenvalue weighted by molar-refractivity contribution is -0.129. The summed E-state index contributed by atoms with van der Waals surface area (Å²) in [4.78, 5) is 37.1. The van der Waals surface area contributed by atoms with E-state index in [2.05, 4.69) is 10.6 Å². The second-order valence-electron chi connectivity index (χ2n) is 6.03. The van der Waals surface area contributed by atoms with Gasteiger partial charge in [-0.25, -0.2) is 0 Å². The number of amides is 3. The van der Waals surface area contributed by atoms with E-state index < -0.39 is 10.8 Å². The maximum atomic E-state index is 12.1. The Labute approximate surface area is 139 Å². The standard InChI is InChI=1S/C15H21N3O4S/c1-15(2)14(21)17-10(8-23-15)12(19)16-7-9-5-6-11(22-9)13(20)18(3)4/h5-6,10H,7-8H2,1-4H3,(H,16,19)(H,17,21)/t10-/m1/s1. The van der Waals surface area contributed by atoms with Gasteiger partial charge < -0.3 is 20.0 Å². The lowest BCUT2D eigenvalue weighted by Gasteiger charge is -2.32. The molecule has 0 spiro atoms. The van der Waals surface area contributed by atoms with Crippen molar-refractivity contribution in [3.63, 3.8) is 0 Å². The Morgan fingerprint density at radius 3 is 2.74 bits per heavy atom. The highest BCUT2D eigenvalue weighted by atomic mass is 32.2. The first kappa shape index (κ1) is 17.4. The lowest BCUT2D eigenvalue weighted by atomic mass is 10.1. The highest BCUT2D eigenvalue weighted by Gasteiger charge is 2.37. The first-order chi connectivity index (χ1) is 10.7. The van der Waals surface area contributed by atoms with E-state index in [1.807, 2.05) is 13.8 Å². The molecule has 2 N–H and O–H groups in total. The lowest BCUT2D eigenvalue weighted by Crippen LogP contribution is -2.56. The van der Waals surface area contributed by atoms with Crippen LogP contribution in [0, 0.1) is 0 Å². The van der Waals surface area contributed by atoms with Gasteiger partial charge in [-0.2, -0.15) is 0 Å². The molecule has 2 rings (SSSR count). The van der Waals surface area contributed by atoms with Crippen LogP contribution in [-0.4, -0.2) is 53.3 Å². The third-order valence-corrected chi connectivity index (χ3v) is 4.90. The van der Waals surface area contributed by atoms with Gasteiger partial charge in [-0.15, -0.1) is 11.8 Å². The fourth-order valence-corrected chi connectivity index (χ4v) is 2.99. The van der Waals surface area contributed by atoms with Gasteiger partial charge in [-0.3, -0.25) is 14.4 Å². The SMILES string of the molecule is CN(C)C(=O)c1ccc(CNC(=O)[C@H]2CSC(C)(C)C(=O)N2)o1. The summed E-state index contributed by atoms with van der Waals surface area (Å²) in [5.74, 6) is 0.582. The van der Waals surface area contributed by atoms with Gasteiger partial charge in [0.25, 0.3) is 5.91 Å². The average molecular weight is 339 g/mol. The van der Waals surface area contributed by atoms with Crippen LogP contribution in [0.25, 0.3) is 0 Å². The second kappa shape index (κ2) is 6.66. The van der Waals surface area contributed by atoms with Crippen molar-refractivity contribution in [3.05, 3.63) is 23.7 Å². The molecule has 0 radical (unpaired) electrons. The zero-order valence-corrected chi connectivity index (χ0v) is 14.5. The summed E-state index contributed by atoms with van der Waals surface area (Å²) in [5, 5.41) is 5.43. The third kappa shape index (κ3) is 4.07. The van der Waals surface area contributed by atoms with E-state index >= 15 is 0 Å². The summed E-state index contributed by atoms with van der Waals surface area (Å²) < 4.78 is 4.89. The van der Waals surface area contributed by atoms with Gasteiger partial charge in [-0.1, -0.05) is 0 Å². The van der Waals surface area contributed by atoms with E-state index in [0.717, 1.165) is 0 Å². The van der Waals surface area contributed by atoms with Crippen molar-refractivity contribution in [2.24, 2.45) is 0 Å². The first-order valence-electron chi connectivity index (χ1n) is 7.23. The second-order valence-corrected chi connectivity index (χ2v) is 7.67. The van der Waals surface area contributed by atoms with Gasteiger partial charge in [0.1, 0.15) is 11.8 Å². The molecule has 0 saturated carbocycles. The minimum Gasteiger partial charge on any atom is -0.454 e. The highest BCUT2D eigenvalue weighted by Crippen LogP contribution is 2.28. The maximum absolute atomic E-state index is 12.1. The summed E-state index contributed by atoms with van der Waals surface area (Å²) in [6.07, 6.45) is 0.